The Balaban J connectivity index is 1.54. The van der Waals surface area contributed by atoms with Gasteiger partial charge in [-0.05, 0) is 64.1 Å². The van der Waals surface area contributed by atoms with Crippen molar-refractivity contribution in [1.82, 2.24) is 4.90 Å². The second-order valence-corrected chi connectivity index (χ2v) is 9.23. The molecular formula is C30H31NO2. The summed E-state index contributed by atoms with van der Waals surface area (Å²) in [5.41, 5.74) is 2.29. The highest BCUT2D eigenvalue weighted by Crippen LogP contribution is 2.45. The molecule has 1 N–H and O–H groups in total. The number of fused-ring (bicyclic) bond motifs is 2. The van der Waals surface area contributed by atoms with E-state index >= 15 is 0 Å². The highest BCUT2D eigenvalue weighted by molar-refractivity contribution is 5.86. The van der Waals surface area contributed by atoms with E-state index in [1.165, 1.54) is 21.5 Å². The lowest BCUT2D eigenvalue weighted by Gasteiger charge is -2.33. The van der Waals surface area contributed by atoms with E-state index in [9.17, 15) is 9.90 Å². The minimum absolute atomic E-state index is 0.0325. The van der Waals surface area contributed by atoms with Crippen LogP contribution in [0.5, 0.6) is 0 Å². The van der Waals surface area contributed by atoms with Crippen LogP contribution >= 0.6 is 0 Å². The van der Waals surface area contributed by atoms with Crippen LogP contribution in [-0.2, 0) is 4.79 Å². The number of unbranched alkanes of at least 4 members (excludes halogenated alkanes) is 1. The van der Waals surface area contributed by atoms with Gasteiger partial charge in [0, 0.05) is 0 Å². The van der Waals surface area contributed by atoms with Crippen molar-refractivity contribution in [2.45, 2.75) is 57.2 Å². The molecule has 1 aliphatic heterocycles. The van der Waals surface area contributed by atoms with Gasteiger partial charge >= 0.3 is 0 Å². The number of benzene rings is 4. The number of aliphatic hydroxyl groups is 1. The molecule has 3 heteroatoms. The van der Waals surface area contributed by atoms with Crippen molar-refractivity contribution >= 4 is 27.5 Å². The summed E-state index contributed by atoms with van der Waals surface area (Å²) >= 11 is 0. The molecule has 0 saturated carbocycles. The molecule has 0 unspecified atom stereocenters. The zero-order chi connectivity index (χ0) is 22.8. The SMILES string of the molecule is CCCC[C@@H](O)C(=O)N1[C@H](c2ccc3ccccc3c2)CC[C@H]1c1ccc2ccccc2c1. The maximum absolute atomic E-state index is 13.6. The van der Waals surface area contributed by atoms with Crippen LogP contribution in [0.3, 0.4) is 0 Å². The molecule has 3 atom stereocenters. The molecule has 4 aromatic rings. The Hall–Kier alpha value is -3.17. The van der Waals surface area contributed by atoms with Crippen LogP contribution in [-0.4, -0.2) is 22.0 Å². The Morgan fingerprint density at radius 2 is 1.30 bits per heavy atom. The number of carbonyl (C=O) groups excluding carboxylic acids is 1. The van der Waals surface area contributed by atoms with Crippen LogP contribution in [0.15, 0.2) is 84.9 Å². The third kappa shape index (κ3) is 4.26. The van der Waals surface area contributed by atoms with Gasteiger partial charge in [0.15, 0.2) is 0 Å². The van der Waals surface area contributed by atoms with Gasteiger partial charge in [0.1, 0.15) is 6.10 Å². The zero-order valence-corrected chi connectivity index (χ0v) is 19.2. The highest BCUT2D eigenvalue weighted by Gasteiger charge is 2.40. The Labute approximate surface area is 195 Å². The van der Waals surface area contributed by atoms with Crippen molar-refractivity contribution in [3.05, 3.63) is 96.1 Å². The third-order valence-electron chi connectivity index (χ3n) is 7.07. The Bertz CT molecular complexity index is 1190. The number of carbonyl (C=O) groups is 1. The van der Waals surface area contributed by atoms with Gasteiger partial charge in [0.2, 0.25) is 0 Å². The molecule has 1 heterocycles. The number of likely N-dealkylation sites (tertiary alicyclic amines) is 1. The number of nitrogens with zero attached hydrogens (tertiary/aromatic N) is 1. The van der Waals surface area contributed by atoms with E-state index in [2.05, 4.69) is 79.7 Å². The first-order chi connectivity index (χ1) is 16.2. The monoisotopic (exact) mass is 437 g/mol. The Kier molecular flexibility index (Phi) is 6.15. The number of amides is 1. The summed E-state index contributed by atoms with van der Waals surface area (Å²) in [5, 5.41) is 15.6. The molecule has 1 aliphatic rings. The first-order valence-corrected chi connectivity index (χ1v) is 12.1. The fraction of sp³-hybridized carbons (Fsp3) is 0.300. The van der Waals surface area contributed by atoms with Crippen LogP contribution in [0.2, 0.25) is 0 Å². The van der Waals surface area contributed by atoms with Crippen LogP contribution in [0.4, 0.5) is 0 Å². The molecule has 3 nitrogen and oxygen atoms in total. The molecule has 0 aromatic heterocycles. The van der Waals surface area contributed by atoms with E-state index in [4.69, 9.17) is 0 Å². The number of aliphatic hydroxyl groups excluding tert-OH is 1. The van der Waals surface area contributed by atoms with E-state index in [1.54, 1.807) is 0 Å². The van der Waals surface area contributed by atoms with E-state index in [1.807, 2.05) is 17.0 Å². The summed E-state index contributed by atoms with van der Waals surface area (Å²) in [6, 6.07) is 29.6. The van der Waals surface area contributed by atoms with Crippen LogP contribution in [0.1, 0.15) is 62.2 Å². The van der Waals surface area contributed by atoms with Crippen LogP contribution in [0, 0.1) is 0 Å². The molecule has 0 radical (unpaired) electrons. The molecular weight excluding hydrogens is 406 g/mol. The van der Waals surface area contributed by atoms with Gasteiger partial charge in [0.05, 0.1) is 12.1 Å². The van der Waals surface area contributed by atoms with Gasteiger partial charge in [-0.2, -0.15) is 0 Å². The fourth-order valence-electron chi connectivity index (χ4n) is 5.30. The van der Waals surface area contributed by atoms with E-state index < -0.39 is 6.10 Å². The topological polar surface area (TPSA) is 40.5 Å². The summed E-state index contributed by atoms with van der Waals surface area (Å²) in [5.74, 6) is -0.141. The standard InChI is InChI=1S/C30H31NO2/c1-2-3-12-29(32)30(33)31-27(25-15-13-21-8-4-6-10-23(21)19-25)17-18-28(31)26-16-14-22-9-5-7-11-24(22)20-26/h4-11,13-16,19-20,27-29,32H,2-3,12,17-18H2,1H3/t27-,28-,29+/m0/s1. The van der Waals surface area contributed by atoms with Gasteiger partial charge in [-0.15, -0.1) is 0 Å². The van der Waals surface area contributed by atoms with E-state index in [-0.39, 0.29) is 18.0 Å². The molecule has 1 saturated heterocycles. The largest absolute Gasteiger partial charge is 0.383 e. The fourth-order valence-corrected chi connectivity index (χ4v) is 5.30. The second kappa shape index (κ2) is 9.36. The Morgan fingerprint density at radius 1 is 0.818 bits per heavy atom. The van der Waals surface area contributed by atoms with Gasteiger partial charge in [-0.25, -0.2) is 0 Å². The lowest BCUT2D eigenvalue weighted by molar-refractivity contribution is -0.144. The molecule has 1 fully saturated rings. The smallest absolute Gasteiger partial charge is 0.252 e. The molecule has 0 spiro atoms. The summed E-state index contributed by atoms with van der Waals surface area (Å²) < 4.78 is 0. The highest BCUT2D eigenvalue weighted by atomic mass is 16.3. The lowest BCUT2D eigenvalue weighted by atomic mass is 9.99. The second-order valence-electron chi connectivity index (χ2n) is 9.23. The first kappa shape index (κ1) is 21.7. The molecule has 1 amide bonds. The van der Waals surface area contributed by atoms with E-state index in [0.29, 0.717) is 6.42 Å². The predicted octanol–water partition coefficient (Wildman–Crippen LogP) is 6.95. The van der Waals surface area contributed by atoms with Gasteiger partial charge in [-0.3, -0.25) is 4.79 Å². The molecule has 5 rings (SSSR count). The minimum Gasteiger partial charge on any atom is -0.383 e. The van der Waals surface area contributed by atoms with Gasteiger partial charge in [0.25, 0.3) is 5.91 Å². The van der Waals surface area contributed by atoms with Crippen LogP contribution < -0.4 is 0 Å². The number of hydrogen-bond acceptors (Lipinski definition) is 2. The van der Waals surface area contributed by atoms with E-state index in [0.717, 1.165) is 36.8 Å². The van der Waals surface area contributed by atoms with Crippen molar-refractivity contribution in [3.8, 4) is 0 Å². The third-order valence-corrected chi connectivity index (χ3v) is 7.07. The predicted molar refractivity (Wildman–Crippen MR) is 135 cm³/mol. The molecule has 4 aromatic carbocycles. The maximum Gasteiger partial charge on any atom is 0.252 e. The van der Waals surface area contributed by atoms with Gasteiger partial charge in [-0.1, -0.05) is 92.6 Å². The van der Waals surface area contributed by atoms with Crippen molar-refractivity contribution in [1.29, 1.82) is 0 Å². The lowest BCUT2D eigenvalue weighted by Crippen LogP contribution is -2.40. The first-order valence-electron chi connectivity index (χ1n) is 12.1. The molecule has 0 bridgehead atoms. The summed E-state index contributed by atoms with van der Waals surface area (Å²) in [4.78, 5) is 15.6. The number of rotatable bonds is 6. The quantitative estimate of drug-likeness (QED) is 0.355. The minimum atomic E-state index is -0.950. The average molecular weight is 438 g/mol. The average Bonchev–Trinajstić information content (AvgIpc) is 3.31. The summed E-state index contributed by atoms with van der Waals surface area (Å²) in [6.07, 6.45) is 3.16. The number of hydrogen-bond donors (Lipinski definition) is 1. The molecule has 33 heavy (non-hydrogen) atoms. The summed E-state index contributed by atoms with van der Waals surface area (Å²) in [6.45, 7) is 2.09. The van der Waals surface area contributed by atoms with Gasteiger partial charge < -0.3 is 10.0 Å². The van der Waals surface area contributed by atoms with Crippen molar-refractivity contribution in [2.75, 3.05) is 0 Å². The molecule has 168 valence electrons. The maximum atomic E-state index is 13.6. The Morgan fingerprint density at radius 3 is 1.79 bits per heavy atom. The van der Waals surface area contributed by atoms with Crippen molar-refractivity contribution in [3.63, 3.8) is 0 Å². The zero-order valence-electron chi connectivity index (χ0n) is 19.2. The van der Waals surface area contributed by atoms with Crippen LogP contribution in [0.25, 0.3) is 21.5 Å². The summed E-state index contributed by atoms with van der Waals surface area (Å²) in [7, 11) is 0. The molecule has 0 aliphatic carbocycles. The normalized spacial score (nSPS) is 19.3. The van der Waals surface area contributed by atoms with Crippen molar-refractivity contribution in [2.24, 2.45) is 0 Å². The van der Waals surface area contributed by atoms with Crippen molar-refractivity contribution < 1.29 is 9.90 Å².